The molecule has 0 amide bonds. The van der Waals surface area contributed by atoms with Gasteiger partial charge < -0.3 is 10.0 Å². The van der Waals surface area contributed by atoms with Crippen molar-refractivity contribution in [2.45, 2.75) is 6.92 Å². The average Bonchev–Trinajstić information content (AvgIpc) is 1.65. The molecular formula is C5H11NO. The first kappa shape index (κ1) is 6.34. The van der Waals surface area contributed by atoms with Crippen LogP contribution in [0.2, 0.25) is 0 Å². The molecule has 0 aromatic carbocycles. The number of nitrogens with zero attached hydrogens (tertiary/aromatic N) is 1. The zero-order valence-corrected chi connectivity index (χ0v) is 4.81. The van der Waals surface area contributed by atoms with E-state index in [0.29, 0.717) is 0 Å². The van der Waals surface area contributed by atoms with Crippen LogP contribution in [0.1, 0.15) is 6.92 Å². The van der Waals surface area contributed by atoms with Crippen molar-refractivity contribution in [3.63, 3.8) is 0 Å². The van der Waals surface area contributed by atoms with E-state index in [2.05, 4.69) is 6.58 Å². The fourth-order valence-corrected chi connectivity index (χ4v) is 0.183. The second kappa shape index (κ2) is 2.50. The van der Waals surface area contributed by atoms with Crippen LogP contribution in [0.3, 0.4) is 0 Å². The van der Waals surface area contributed by atoms with Crippen molar-refractivity contribution in [3.05, 3.63) is 12.5 Å². The Morgan fingerprint density at radius 1 is 1.86 bits per heavy atom. The van der Waals surface area contributed by atoms with Gasteiger partial charge in [0.15, 0.2) is 5.88 Å². The van der Waals surface area contributed by atoms with Gasteiger partial charge in [0.05, 0.1) is 0 Å². The topological polar surface area (TPSA) is 23.5 Å². The number of aliphatic hydroxyl groups excluding tert-OH is 1. The molecule has 0 radical (unpaired) electrons. The SMILES string of the molecule is C=C(O)N(C)CC. The maximum Gasteiger partial charge on any atom is 0.178 e. The molecule has 0 aliphatic rings. The molecule has 1 N–H and O–H groups in total. The summed E-state index contributed by atoms with van der Waals surface area (Å²) in [6.45, 7) is 6.05. The van der Waals surface area contributed by atoms with E-state index in [1.165, 1.54) is 0 Å². The van der Waals surface area contributed by atoms with Crippen molar-refractivity contribution in [2.75, 3.05) is 13.6 Å². The highest BCUT2D eigenvalue weighted by Crippen LogP contribution is 1.87. The summed E-state index contributed by atoms with van der Waals surface area (Å²) < 4.78 is 0. The third-order valence-corrected chi connectivity index (χ3v) is 0.915. The van der Waals surface area contributed by atoms with Gasteiger partial charge in [-0.1, -0.05) is 0 Å². The summed E-state index contributed by atoms with van der Waals surface area (Å²) in [4.78, 5) is 1.65. The predicted molar refractivity (Wildman–Crippen MR) is 30.1 cm³/mol. The minimum Gasteiger partial charge on any atom is -0.495 e. The molecule has 2 nitrogen and oxygen atoms in total. The molecule has 0 bridgehead atoms. The normalized spacial score (nSPS) is 8.29. The van der Waals surface area contributed by atoms with Crippen molar-refractivity contribution in [3.8, 4) is 0 Å². The molecule has 0 aliphatic carbocycles. The van der Waals surface area contributed by atoms with Gasteiger partial charge in [-0.05, 0) is 13.5 Å². The maximum atomic E-state index is 8.55. The van der Waals surface area contributed by atoms with Crippen molar-refractivity contribution in [1.82, 2.24) is 4.90 Å². The minimum atomic E-state index is 0.127. The highest BCUT2D eigenvalue weighted by atomic mass is 16.3. The molecule has 7 heavy (non-hydrogen) atoms. The average molecular weight is 101 g/mol. The number of aliphatic hydroxyl groups is 1. The summed E-state index contributed by atoms with van der Waals surface area (Å²) >= 11 is 0. The molecule has 42 valence electrons. The molecule has 0 saturated carbocycles. The van der Waals surface area contributed by atoms with E-state index < -0.39 is 0 Å². The van der Waals surface area contributed by atoms with Crippen LogP contribution in [-0.2, 0) is 0 Å². The van der Waals surface area contributed by atoms with Crippen molar-refractivity contribution in [2.24, 2.45) is 0 Å². The van der Waals surface area contributed by atoms with E-state index in [9.17, 15) is 0 Å². The fourth-order valence-electron chi connectivity index (χ4n) is 0.183. The van der Waals surface area contributed by atoms with Crippen LogP contribution in [0.15, 0.2) is 12.5 Å². The fraction of sp³-hybridized carbons (Fsp3) is 0.600. The second-order valence-electron chi connectivity index (χ2n) is 1.43. The largest absolute Gasteiger partial charge is 0.495 e. The second-order valence-corrected chi connectivity index (χ2v) is 1.43. The lowest BCUT2D eigenvalue weighted by molar-refractivity contribution is 0.243. The quantitative estimate of drug-likeness (QED) is 0.524. The molecule has 0 aromatic rings. The van der Waals surface area contributed by atoms with E-state index >= 15 is 0 Å². The van der Waals surface area contributed by atoms with Crippen molar-refractivity contribution >= 4 is 0 Å². The van der Waals surface area contributed by atoms with Crippen LogP contribution in [0, 0.1) is 0 Å². The van der Waals surface area contributed by atoms with Gasteiger partial charge in [0, 0.05) is 13.6 Å². The predicted octanol–water partition coefficient (Wildman–Crippen LogP) is 0.967. The maximum absolute atomic E-state index is 8.55. The molecule has 0 aliphatic heterocycles. The molecule has 0 fully saturated rings. The molecule has 0 spiro atoms. The van der Waals surface area contributed by atoms with Crippen LogP contribution >= 0.6 is 0 Å². The lowest BCUT2D eigenvalue weighted by Gasteiger charge is -2.12. The molecule has 0 aromatic heterocycles. The summed E-state index contributed by atoms with van der Waals surface area (Å²) in [6.07, 6.45) is 0. The van der Waals surface area contributed by atoms with E-state index in [1.54, 1.807) is 11.9 Å². The van der Waals surface area contributed by atoms with Gasteiger partial charge in [0.1, 0.15) is 0 Å². The third-order valence-electron chi connectivity index (χ3n) is 0.915. The monoisotopic (exact) mass is 101 g/mol. The molecule has 0 saturated heterocycles. The number of hydrogen-bond acceptors (Lipinski definition) is 2. The van der Waals surface area contributed by atoms with Gasteiger partial charge in [0.2, 0.25) is 0 Å². The molecule has 0 atom stereocenters. The third kappa shape index (κ3) is 2.09. The highest BCUT2D eigenvalue weighted by Gasteiger charge is 1.89. The minimum absolute atomic E-state index is 0.127. The van der Waals surface area contributed by atoms with Crippen molar-refractivity contribution in [1.29, 1.82) is 0 Å². The first-order valence-corrected chi connectivity index (χ1v) is 2.27. The van der Waals surface area contributed by atoms with Gasteiger partial charge in [-0.15, -0.1) is 0 Å². The van der Waals surface area contributed by atoms with Gasteiger partial charge in [-0.3, -0.25) is 0 Å². The van der Waals surface area contributed by atoms with E-state index in [0.717, 1.165) is 6.54 Å². The Hall–Kier alpha value is -0.660. The van der Waals surface area contributed by atoms with Crippen LogP contribution in [0.25, 0.3) is 0 Å². The summed E-state index contributed by atoms with van der Waals surface area (Å²) in [5.41, 5.74) is 0. The lowest BCUT2D eigenvalue weighted by atomic mass is 10.6. The van der Waals surface area contributed by atoms with Crippen LogP contribution in [-0.4, -0.2) is 23.6 Å². The van der Waals surface area contributed by atoms with Crippen LogP contribution in [0.4, 0.5) is 0 Å². The van der Waals surface area contributed by atoms with Gasteiger partial charge >= 0.3 is 0 Å². The summed E-state index contributed by atoms with van der Waals surface area (Å²) in [6, 6.07) is 0. The zero-order chi connectivity index (χ0) is 5.86. The van der Waals surface area contributed by atoms with Gasteiger partial charge in [-0.2, -0.15) is 0 Å². The van der Waals surface area contributed by atoms with E-state index in [-0.39, 0.29) is 5.88 Å². The molecule has 2 heteroatoms. The van der Waals surface area contributed by atoms with E-state index in [1.807, 2.05) is 6.92 Å². The number of rotatable bonds is 2. The Morgan fingerprint density at radius 3 is 2.29 bits per heavy atom. The first-order chi connectivity index (χ1) is 3.18. The van der Waals surface area contributed by atoms with Crippen LogP contribution < -0.4 is 0 Å². The Kier molecular flexibility index (Phi) is 2.27. The Morgan fingerprint density at radius 2 is 2.29 bits per heavy atom. The summed E-state index contributed by atoms with van der Waals surface area (Å²) in [5.74, 6) is 0.127. The van der Waals surface area contributed by atoms with Gasteiger partial charge in [-0.25, -0.2) is 0 Å². The zero-order valence-electron chi connectivity index (χ0n) is 4.81. The summed E-state index contributed by atoms with van der Waals surface area (Å²) in [5, 5.41) is 8.55. The van der Waals surface area contributed by atoms with Crippen LogP contribution in [0.5, 0.6) is 0 Å². The Balaban J connectivity index is 3.34. The Labute approximate surface area is 44.1 Å². The highest BCUT2D eigenvalue weighted by molar-refractivity contribution is 4.75. The Bertz CT molecular complexity index is 70.5. The molecule has 0 unspecified atom stereocenters. The van der Waals surface area contributed by atoms with E-state index in [4.69, 9.17) is 5.11 Å². The first-order valence-electron chi connectivity index (χ1n) is 2.27. The lowest BCUT2D eigenvalue weighted by Crippen LogP contribution is -2.14. The van der Waals surface area contributed by atoms with Crippen molar-refractivity contribution < 1.29 is 5.11 Å². The smallest absolute Gasteiger partial charge is 0.178 e. The number of hydrogen-bond donors (Lipinski definition) is 1. The molecule has 0 heterocycles. The standard InChI is InChI=1S/C5H11NO/c1-4-6(3)5(2)7/h7H,2,4H2,1,3H3. The van der Waals surface area contributed by atoms with Gasteiger partial charge in [0.25, 0.3) is 0 Å². The molecule has 0 rings (SSSR count). The summed E-state index contributed by atoms with van der Waals surface area (Å²) in [7, 11) is 1.78. The molecular weight excluding hydrogens is 90.1 g/mol.